The zero-order chi connectivity index (χ0) is 17.2. The summed E-state index contributed by atoms with van der Waals surface area (Å²) >= 11 is 0. The van der Waals surface area contributed by atoms with Gasteiger partial charge in [0.2, 0.25) is 11.7 Å². The molecular weight excluding hydrogens is 322 g/mol. The highest BCUT2D eigenvalue weighted by Gasteiger charge is 2.33. The molecule has 8 nitrogen and oxygen atoms in total. The molecule has 2 aliphatic heterocycles. The number of hydrogen-bond acceptors (Lipinski definition) is 7. The molecule has 1 atom stereocenters. The molecule has 132 valence electrons. The number of piperazine rings is 1. The molecule has 2 fully saturated rings. The van der Waals surface area contributed by atoms with Crippen molar-refractivity contribution in [3.8, 4) is 11.4 Å². The smallest absolute Gasteiger partial charge is 0.414 e. The predicted molar refractivity (Wildman–Crippen MR) is 91.4 cm³/mol. The lowest BCUT2D eigenvalue weighted by atomic mass is 10.1. The largest absolute Gasteiger partial charge is 0.443 e. The van der Waals surface area contributed by atoms with Gasteiger partial charge in [-0.2, -0.15) is 4.98 Å². The van der Waals surface area contributed by atoms with Crippen molar-refractivity contribution in [3.63, 3.8) is 0 Å². The summed E-state index contributed by atoms with van der Waals surface area (Å²) in [5.74, 6) is 1.03. The third kappa shape index (κ3) is 3.49. The number of cyclic esters (lactones) is 1. The van der Waals surface area contributed by atoms with E-state index in [-0.39, 0.29) is 12.2 Å². The second-order valence-corrected chi connectivity index (χ2v) is 6.35. The molecule has 1 aromatic carbocycles. The Hall–Kier alpha value is -2.45. The van der Waals surface area contributed by atoms with Crippen molar-refractivity contribution in [2.24, 2.45) is 0 Å². The van der Waals surface area contributed by atoms with E-state index >= 15 is 0 Å². The van der Waals surface area contributed by atoms with E-state index in [4.69, 9.17) is 9.26 Å². The van der Waals surface area contributed by atoms with Gasteiger partial charge in [-0.05, 0) is 12.1 Å². The Bertz CT molecular complexity index is 756. The van der Waals surface area contributed by atoms with Gasteiger partial charge in [0.15, 0.2) is 0 Å². The molecule has 0 aliphatic carbocycles. The van der Waals surface area contributed by atoms with E-state index < -0.39 is 0 Å². The molecule has 2 aromatic rings. The first-order chi connectivity index (χ1) is 12.2. The van der Waals surface area contributed by atoms with Crippen LogP contribution in [-0.4, -0.2) is 66.5 Å². The van der Waals surface area contributed by atoms with Gasteiger partial charge in [-0.25, -0.2) is 4.79 Å². The Labute approximate surface area is 145 Å². The van der Waals surface area contributed by atoms with Gasteiger partial charge in [-0.15, -0.1) is 0 Å². The summed E-state index contributed by atoms with van der Waals surface area (Å²) in [5, 5.41) is 7.26. The summed E-state index contributed by atoms with van der Waals surface area (Å²) in [6.45, 7) is 7.01. The number of aryl methyl sites for hydroxylation is 1. The number of hydrogen-bond donors (Lipinski definition) is 1. The highest BCUT2D eigenvalue weighted by Crippen LogP contribution is 2.26. The van der Waals surface area contributed by atoms with Crippen LogP contribution in [-0.2, 0) is 4.74 Å². The van der Waals surface area contributed by atoms with Gasteiger partial charge in [-0.1, -0.05) is 17.3 Å². The van der Waals surface area contributed by atoms with Crippen LogP contribution in [0.1, 0.15) is 5.89 Å². The Kier molecular flexibility index (Phi) is 4.37. The van der Waals surface area contributed by atoms with Crippen molar-refractivity contribution in [1.29, 1.82) is 0 Å². The zero-order valence-corrected chi connectivity index (χ0v) is 14.1. The van der Waals surface area contributed by atoms with Crippen molar-refractivity contribution in [2.75, 3.05) is 44.2 Å². The molecule has 0 saturated carbocycles. The van der Waals surface area contributed by atoms with Crippen LogP contribution >= 0.6 is 0 Å². The maximum Gasteiger partial charge on any atom is 0.414 e. The molecule has 1 aromatic heterocycles. The first kappa shape index (κ1) is 16.0. The Morgan fingerprint density at radius 3 is 2.92 bits per heavy atom. The second kappa shape index (κ2) is 6.81. The summed E-state index contributed by atoms with van der Waals surface area (Å²) in [5.41, 5.74) is 1.60. The molecule has 0 bridgehead atoms. The van der Waals surface area contributed by atoms with Crippen LogP contribution < -0.4 is 10.2 Å². The molecule has 25 heavy (non-hydrogen) atoms. The number of aromatic nitrogens is 2. The van der Waals surface area contributed by atoms with Crippen LogP contribution in [0.4, 0.5) is 10.5 Å². The minimum atomic E-state index is -0.304. The Morgan fingerprint density at radius 1 is 1.32 bits per heavy atom. The number of rotatable bonds is 4. The second-order valence-electron chi connectivity index (χ2n) is 6.35. The van der Waals surface area contributed by atoms with E-state index in [0.717, 1.165) is 44.0 Å². The van der Waals surface area contributed by atoms with Gasteiger partial charge in [0.05, 0.1) is 6.54 Å². The van der Waals surface area contributed by atoms with Crippen molar-refractivity contribution in [1.82, 2.24) is 20.4 Å². The maximum atomic E-state index is 12.3. The van der Waals surface area contributed by atoms with E-state index in [9.17, 15) is 4.79 Å². The molecule has 8 heteroatoms. The Balaban J connectivity index is 1.47. The topological polar surface area (TPSA) is 83.7 Å². The van der Waals surface area contributed by atoms with E-state index in [1.807, 2.05) is 24.3 Å². The van der Waals surface area contributed by atoms with Crippen LogP contribution in [0.5, 0.6) is 0 Å². The van der Waals surface area contributed by atoms with Crippen molar-refractivity contribution < 1.29 is 14.1 Å². The molecule has 1 unspecified atom stereocenters. The molecular formula is C17H21N5O3. The number of amides is 1. The molecule has 2 aliphatic rings. The molecule has 0 radical (unpaired) electrons. The SMILES string of the molecule is Cc1nc(-c2cccc(N3CC(CN4CCNCC4)OC3=O)c2)no1. The molecule has 1 N–H and O–H groups in total. The average Bonchev–Trinajstić information content (AvgIpc) is 3.22. The van der Waals surface area contributed by atoms with Crippen molar-refractivity contribution in [3.05, 3.63) is 30.2 Å². The number of anilines is 1. The van der Waals surface area contributed by atoms with E-state index in [1.165, 1.54) is 0 Å². The number of nitrogens with zero attached hydrogens (tertiary/aromatic N) is 4. The summed E-state index contributed by atoms with van der Waals surface area (Å²) in [6, 6.07) is 7.56. The van der Waals surface area contributed by atoms with E-state index in [1.54, 1.807) is 11.8 Å². The van der Waals surface area contributed by atoms with E-state index in [0.29, 0.717) is 18.3 Å². The van der Waals surface area contributed by atoms with Gasteiger partial charge < -0.3 is 14.6 Å². The van der Waals surface area contributed by atoms with Gasteiger partial charge in [0.1, 0.15) is 6.10 Å². The monoisotopic (exact) mass is 343 g/mol. The summed E-state index contributed by atoms with van der Waals surface area (Å²) < 4.78 is 10.6. The fourth-order valence-corrected chi connectivity index (χ4v) is 3.24. The summed E-state index contributed by atoms with van der Waals surface area (Å²) in [7, 11) is 0. The number of nitrogens with one attached hydrogen (secondary N) is 1. The third-order valence-corrected chi connectivity index (χ3v) is 4.49. The minimum Gasteiger partial charge on any atom is -0.443 e. The fourth-order valence-electron chi connectivity index (χ4n) is 3.24. The predicted octanol–water partition coefficient (Wildman–Crippen LogP) is 1.28. The Morgan fingerprint density at radius 2 is 2.16 bits per heavy atom. The number of carbonyl (C=O) groups excluding carboxylic acids is 1. The van der Waals surface area contributed by atoms with Crippen LogP contribution in [0.25, 0.3) is 11.4 Å². The number of carbonyl (C=O) groups is 1. The number of benzene rings is 1. The maximum absolute atomic E-state index is 12.3. The van der Waals surface area contributed by atoms with Crippen LogP contribution in [0.2, 0.25) is 0 Å². The summed E-state index contributed by atoms with van der Waals surface area (Å²) in [6.07, 6.45) is -0.414. The lowest BCUT2D eigenvalue weighted by Crippen LogP contribution is -2.46. The first-order valence-corrected chi connectivity index (χ1v) is 8.51. The van der Waals surface area contributed by atoms with Crippen molar-refractivity contribution >= 4 is 11.8 Å². The minimum absolute atomic E-state index is 0.110. The van der Waals surface area contributed by atoms with Gasteiger partial charge >= 0.3 is 6.09 Å². The highest BCUT2D eigenvalue weighted by molar-refractivity contribution is 5.90. The summed E-state index contributed by atoms with van der Waals surface area (Å²) in [4.78, 5) is 20.5. The van der Waals surface area contributed by atoms with E-state index in [2.05, 4.69) is 20.4 Å². The normalized spacial score (nSPS) is 21.6. The zero-order valence-electron chi connectivity index (χ0n) is 14.1. The standard InChI is InChI=1S/C17H21N5O3/c1-12-19-16(20-25-12)13-3-2-4-14(9-13)22-11-15(24-17(22)23)10-21-7-5-18-6-8-21/h2-4,9,15,18H,5-8,10-11H2,1H3. The number of ether oxygens (including phenoxy) is 1. The van der Waals surface area contributed by atoms with Crippen molar-refractivity contribution in [2.45, 2.75) is 13.0 Å². The lowest BCUT2D eigenvalue weighted by Gasteiger charge is -2.28. The molecule has 1 amide bonds. The highest BCUT2D eigenvalue weighted by atomic mass is 16.6. The first-order valence-electron chi connectivity index (χ1n) is 8.51. The average molecular weight is 343 g/mol. The van der Waals surface area contributed by atoms with Crippen LogP contribution in [0.15, 0.2) is 28.8 Å². The molecule has 0 spiro atoms. The third-order valence-electron chi connectivity index (χ3n) is 4.49. The molecule has 3 heterocycles. The molecule has 2 saturated heterocycles. The lowest BCUT2D eigenvalue weighted by molar-refractivity contribution is 0.104. The van der Waals surface area contributed by atoms with Crippen LogP contribution in [0.3, 0.4) is 0 Å². The fraction of sp³-hybridized carbons (Fsp3) is 0.471. The van der Waals surface area contributed by atoms with Gasteiger partial charge in [-0.3, -0.25) is 9.80 Å². The van der Waals surface area contributed by atoms with Gasteiger partial charge in [0.25, 0.3) is 0 Å². The van der Waals surface area contributed by atoms with Gasteiger partial charge in [0, 0.05) is 50.9 Å². The quantitative estimate of drug-likeness (QED) is 0.895. The molecule has 4 rings (SSSR count). The van der Waals surface area contributed by atoms with Crippen LogP contribution in [0, 0.1) is 6.92 Å².